The van der Waals surface area contributed by atoms with Gasteiger partial charge in [-0.2, -0.15) is 0 Å². The van der Waals surface area contributed by atoms with Gasteiger partial charge in [0.05, 0.1) is 5.69 Å². The maximum Gasteiger partial charge on any atom is 0.331 e. The van der Waals surface area contributed by atoms with E-state index in [1.165, 1.54) is 6.20 Å². The van der Waals surface area contributed by atoms with Crippen molar-refractivity contribution < 1.29 is 19.8 Å². The minimum atomic E-state index is -1.09. The van der Waals surface area contributed by atoms with Crippen molar-refractivity contribution in [3.05, 3.63) is 42.0 Å². The van der Waals surface area contributed by atoms with Gasteiger partial charge >= 0.3 is 11.9 Å². The third-order valence-electron chi connectivity index (χ3n) is 2.06. The fraction of sp³-hybridized carbons (Fsp3) is 0.182. The Balaban J connectivity index is 2.66. The van der Waals surface area contributed by atoms with Crippen LogP contribution in [-0.2, 0) is 22.4 Å². The number of hydrogen-bond acceptors (Lipinski definition) is 3. The number of aliphatic carboxylic acids is 2. The minimum Gasteiger partial charge on any atom is -0.478 e. The van der Waals surface area contributed by atoms with Crippen LogP contribution >= 0.6 is 0 Å². The van der Waals surface area contributed by atoms with Crippen molar-refractivity contribution >= 4 is 11.9 Å². The maximum atomic E-state index is 10.5. The lowest BCUT2D eigenvalue weighted by molar-refractivity contribution is -0.133. The smallest absolute Gasteiger partial charge is 0.331 e. The van der Waals surface area contributed by atoms with Crippen LogP contribution in [0.1, 0.15) is 11.5 Å². The predicted molar refractivity (Wildman–Crippen MR) is 59.5 cm³/mol. The molecule has 1 heterocycles. The summed E-state index contributed by atoms with van der Waals surface area (Å²) in [7, 11) is 0. The van der Waals surface area contributed by atoms with E-state index in [4.69, 9.17) is 10.2 Å². The van der Waals surface area contributed by atoms with Crippen molar-refractivity contribution in [1.82, 2.24) is 9.97 Å². The highest BCUT2D eigenvalue weighted by Gasteiger charge is 2.11. The van der Waals surface area contributed by atoms with Crippen molar-refractivity contribution in [2.24, 2.45) is 0 Å². The van der Waals surface area contributed by atoms with E-state index in [0.29, 0.717) is 11.5 Å². The van der Waals surface area contributed by atoms with Crippen LogP contribution in [0.25, 0.3) is 0 Å². The van der Waals surface area contributed by atoms with E-state index >= 15 is 0 Å². The predicted octanol–water partition coefficient (Wildman–Crippen LogP) is 0.776. The fourth-order valence-electron chi connectivity index (χ4n) is 1.16. The number of rotatable bonds is 6. The van der Waals surface area contributed by atoms with Crippen LogP contribution in [0.3, 0.4) is 0 Å². The number of imidazole rings is 1. The molecular weight excluding hydrogens is 224 g/mol. The number of aromatic nitrogens is 2. The molecule has 1 aromatic heterocycles. The van der Waals surface area contributed by atoms with Crippen LogP contribution in [0.2, 0.25) is 0 Å². The second-order valence-corrected chi connectivity index (χ2v) is 3.51. The SMILES string of the molecule is C=C(Cc1c[nH]c(CC(=C)C(=O)O)n1)C(=O)O. The Kier molecular flexibility index (Phi) is 3.82. The lowest BCUT2D eigenvalue weighted by Crippen LogP contribution is -2.04. The molecule has 0 amide bonds. The third kappa shape index (κ3) is 3.60. The highest BCUT2D eigenvalue weighted by molar-refractivity contribution is 5.86. The van der Waals surface area contributed by atoms with Gasteiger partial charge in [0.1, 0.15) is 5.82 Å². The topological polar surface area (TPSA) is 103 Å². The summed E-state index contributed by atoms with van der Waals surface area (Å²) in [6, 6.07) is 0. The molecular formula is C11H12N2O4. The van der Waals surface area contributed by atoms with E-state index in [9.17, 15) is 9.59 Å². The van der Waals surface area contributed by atoms with E-state index in [0.717, 1.165) is 0 Å². The van der Waals surface area contributed by atoms with Gasteiger partial charge in [-0.15, -0.1) is 0 Å². The summed E-state index contributed by atoms with van der Waals surface area (Å²) in [6.07, 6.45) is 1.73. The van der Waals surface area contributed by atoms with Gasteiger partial charge in [-0.3, -0.25) is 0 Å². The molecule has 0 saturated heterocycles. The van der Waals surface area contributed by atoms with Gasteiger partial charge < -0.3 is 15.2 Å². The first-order valence-corrected chi connectivity index (χ1v) is 4.75. The summed E-state index contributed by atoms with van der Waals surface area (Å²) in [5.74, 6) is -1.73. The highest BCUT2D eigenvalue weighted by atomic mass is 16.4. The molecule has 0 bridgehead atoms. The number of nitrogens with one attached hydrogen (secondary N) is 1. The van der Waals surface area contributed by atoms with Crippen molar-refractivity contribution in [3.8, 4) is 0 Å². The minimum absolute atomic E-state index is 0.0166. The van der Waals surface area contributed by atoms with Crippen molar-refractivity contribution in [2.75, 3.05) is 0 Å². The Morgan fingerprint density at radius 1 is 1.18 bits per heavy atom. The van der Waals surface area contributed by atoms with Crippen LogP contribution < -0.4 is 0 Å². The van der Waals surface area contributed by atoms with Crippen molar-refractivity contribution in [2.45, 2.75) is 12.8 Å². The molecule has 6 heteroatoms. The van der Waals surface area contributed by atoms with Gasteiger partial charge in [-0.05, 0) is 0 Å². The molecule has 0 aliphatic heterocycles. The van der Waals surface area contributed by atoms with Gasteiger partial charge in [0.25, 0.3) is 0 Å². The zero-order valence-corrected chi connectivity index (χ0v) is 9.06. The molecule has 0 fully saturated rings. The first-order valence-electron chi connectivity index (χ1n) is 4.75. The maximum absolute atomic E-state index is 10.5. The monoisotopic (exact) mass is 236 g/mol. The van der Waals surface area contributed by atoms with Crippen LogP contribution in [0.5, 0.6) is 0 Å². The second kappa shape index (κ2) is 5.11. The molecule has 0 spiro atoms. The van der Waals surface area contributed by atoms with E-state index in [1.807, 2.05) is 0 Å². The molecule has 0 unspecified atom stereocenters. The van der Waals surface area contributed by atoms with Crippen LogP contribution in [0, 0.1) is 0 Å². The van der Waals surface area contributed by atoms with Crippen LogP contribution in [0.15, 0.2) is 30.5 Å². The second-order valence-electron chi connectivity index (χ2n) is 3.51. The Labute approximate surface area is 97.3 Å². The molecule has 0 aromatic carbocycles. The van der Waals surface area contributed by atoms with E-state index in [-0.39, 0.29) is 24.0 Å². The van der Waals surface area contributed by atoms with Gasteiger partial charge in [0.15, 0.2) is 0 Å². The zero-order chi connectivity index (χ0) is 13.0. The summed E-state index contributed by atoms with van der Waals surface area (Å²) in [5, 5.41) is 17.3. The molecule has 1 rings (SSSR count). The molecule has 6 nitrogen and oxygen atoms in total. The highest BCUT2D eigenvalue weighted by Crippen LogP contribution is 2.07. The number of aromatic amines is 1. The number of carboxylic acid groups (broad SMARTS) is 2. The summed E-state index contributed by atoms with van der Waals surface area (Å²) in [6.45, 7) is 6.76. The quantitative estimate of drug-likeness (QED) is 0.633. The Bertz CT molecular complexity index is 445. The number of H-pyrrole nitrogens is 1. The number of hydrogen-bond donors (Lipinski definition) is 3. The normalized spacial score (nSPS) is 9.88. The molecule has 0 radical (unpaired) electrons. The van der Waals surface area contributed by atoms with Gasteiger partial charge in [0, 0.05) is 30.2 Å². The van der Waals surface area contributed by atoms with Crippen LogP contribution in [-0.4, -0.2) is 32.1 Å². The molecule has 0 atom stereocenters. The summed E-state index contributed by atoms with van der Waals surface area (Å²) < 4.78 is 0. The standard InChI is InChI=1S/C11H12N2O4/c1-6(10(14)15)3-8-5-12-9(13-8)4-7(2)11(16)17/h5H,1-4H2,(H,12,13)(H,14,15)(H,16,17). The molecule has 0 aliphatic rings. The summed E-state index contributed by atoms with van der Waals surface area (Å²) in [4.78, 5) is 27.9. The fourth-order valence-corrected chi connectivity index (χ4v) is 1.16. The van der Waals surface area contributed by atoms with Crippen molar-refractivity contribution in [3.63, 3.8) is 0 Å². The van der Waals surface area contributed by atoms with E-state index in [1.54, 1.807) is 0 Å². The molecule has 0 aliphatic carbocycles. The van der Waals surface area contributed by atoms with E-state index in [2.05, 4.69) is 23.1 Å². The zero-order valence-electron chi connectivity index (χ0n) is 9.06. The Hall–Kier alpha value is -2.37. The number of carboxylic acids is 2. The molecule has 90 valence electrons. The summed E-state index contributed by atoms with van der Waals surface area (Å²) >= 11 is 0. The van der Waals surface area contributed by atoms with Gasteiger partial charge in [0.2, 0.25) is 0 Å². The number of carbonyl (C=O) groups is 2. The number of nitrogens with zero attached hydrogens (tertiary/aromatic N) is 1. The van der Waals surface area contributed by atoms with Gasteiger partial charge in [-0.25, -0.2) is 14.6 Å². The molecule has 0 saturated carbocycles. The molecule has 1 aromatic rings. The average molecular weight is 236 g/mol. The van der Waals surface area contributed by atoms with Crippen molar-refractivity contribution in [1.29, 1.82) is 0 Å². The van der Waals surface area contributed by atoms with E-state index < -0.39 is 11.9 Å². The van der Waals surface area contributed by atoms with Gasteiger partial charge in [-0.1, -0.05) is 13.2 Å². The molecule has 17 heavy (non-hydrogen) atoms. The Morgan fingerprint density at radius 2 is 1.71 bits per heavy atom. The first kappa shape index (κ1) is 12.7. The first-order chi connectivity index (χ1) is 7.90. The Morgan fingerprint density at radius 3 is 2.24 bits per heavy atom. The lowest BCUT2D eigenvalue weighted by Gasteiger charge is -1.96. The van der Waals surface area contributed by atoms with Crippen LogP contribution in [0.4, 0.5) is 0 Å². The lowest BCUT2D eigenvalue weighted by atomic mass is 10.2. The largest absolute Gasteiger partial charge is 0.478 e. The summed E-state index contributed by atoms with van der Waals surface area (Å²) in [5.41, 5.74) is 0.550. The molecule has 3 N–H and O–H groups in total. The third-order valence-corrected chi connectivity index (χ3v) is 2.06. The average Bonchev–Trinajstić information content (AvgIpc) is 2.65.